The lowest BCUT2D eigenvalue weighted by atomic mass is 10.2. The summed E-state index contributed by atoms with van der Waals surface area (Å²) in [6.45, 7) is 6.63. The van der Waals surface area contributed by atoms with Crippen LogP contribution >= 0.6 is 31.9 Å². The highest BCUT2D eigenvalue weighted by Gasteiger charge is 2.10. The topological polar surface area (TPSA) is 59.9 Å². The minimum atomic E-state index is -0.286. The summed E-state index contributed by atoms with van der Waals surface area (Å²) in [5.74, 6) is 1.19. The fraction of sp³-hybridized carbons (Fsp3) is 0.300. The molecule has 2 rings (SSSR count). The smallest absolute Gasteiger partial charge is 0.271 e. The first kappa shape index (κ1) is 21.4. The number of halogens is 2. The Bertz CT molecular complexity index is 782. The predicted octanol–water partition coefficient (Wildman–Crippen LogP) is 5.55. The molecule has 2 aromatic carbocycles. The quantitative estimate of drug-likeness (QED) is 0.384. The van der Waals surface area contributed by atoms with Crippen LogP contribution in [0.1, 0.15) is 43.1 Å². The number of carbonyl (C=O) groups is 1. The first-order chi connectivity index (χ1) is 12.9. The van der Waals surface area contributed by atoms with Crippen molar-refractivity contribution in [1.82, 2.24) is 5.43 Å². The Balaban J connectivity index is 1.99. The Kier molecular flexibility index (Phi) is 8.31. The molecule has 0 saturated heterocycles. The average molecular weight is 498 g/mol. The molecule has 0 atom stereocenters. The number of nitrogens with zero attached hydrogens (tertiary/aromatic N) is 1. The molecule has 1 N–H and O–H groups in total. The minimum absolute atomic E-state index is 0.0650. The summed E-state index contributed by atoms with van der Waals surface area (Å²) < 4.78 is 12.9. The first-order valence-electron chi connectivity index (χ1n) is 8.62. The molecule has 0 aromatic heterocycles. The summed E-state index contributed by atoms with van der Waals surface area (Å²) in [5.41, 5.74) is 3.85. The molecule has 0 aliphatic rings. The van der Waals surface area contributed by atoms with Gasteiger partial charge >= 0.3 is 0 Å². The molecule has 0 spiro atoms. The number of hydrazone groups is 1. The molecule has 7 heteroatoms. The van der Waals surface area contributed by atoms with Gasteiger partial charge in [-0.25, -0.2) is 5.43 Å². The van der Waals surface area contributed by atoms with Gasteiger partial charge in [0.1, 0.15) is 11.5 Å². The maximum atomic E-state index is 12.2. The largest absolute Gasteiger partial charge is 0.494 e. The zero-order chi connectivity index (χ0) is 19.8. The summed E-state index contributed by atoms with van der Waals surface area (Å²) >= 11 is 6.99. The molecule has 5 nitrogen and oxygen atoms in total. The van der Waals surface area contributed by atoms with Gasteiger partial charge in [-0.15, -0.1) is 0 Å². The Hall–Kier alpha value is -1.86. The van der Waals surface area contributed by atoms with E-state index >= 15 is 0 Å². The molecule has 144 valence electrons. The molecule has 0 aliphatic heterocycles. The molecule has 0 unspecified atom stereocenters. The Labute approximate surface area is 176 Å². The third-order valence-electron chi connectivity index (χ3n) is 3.34. The van der Waals surface area contributed by atoms with E-state index in [9.17, 15) is 4.79 Å². The van der Waals surface area contributed by atoms with Crippen LogP contribution in [0.4, 0.5) is 0 Å². The average Bonchev–Trinajstić information content (AvgIpc) is 2.63. The Morgan fingerprint density at radius 3 is 2.37 bits per heavy atom. The van der Waals surface area contributed by atoms with Crippen molar-refractivity contribution in [1.29, 1.82) is 0 Å². The lowest BCUT2D eigenvalue weighted by Gasteiger charge is -2.13. The predicted molar refractivity (Wildman–Crippen MR) is 115 cm³/mol. The van der Waals surface area contributed by atoms with Crippen LogP contribution < -0.4 is 14.9 Å². The zero-order valence-corrected chi connectivity index (χ0v) is 18.6. The van der Waals surface area contributed by atoms with Crippen LogP contribution in [-0.4, -0.2) is 24.8 Å². The van der Waals surface area contributed by atoms with Crippen molar-refractivity contribution < 1.29 is 14.3 Å². The van der Waals surface area contributed by atoms with Crippen molar-refractivity contribution in [3.63, 3.8) is 0 Å². The van der Waals surface area contributed by atoms with Crippen LogP contribution in [0.5, 0.6) is 11.5 Å². The molecule has 0 bridgehead atoms. The monoisotopic (exact) mass is 496 g/mol. The van der Waals surface area contributed by atoms with Crippen LogP contribution in [0.3, 0.4) is 0 Å². The van der Waals surface area contributed by atoms with E-state index in [2.05, 4.69) is 42.4 Å². The summed E-state index contributed by atoms with van der Waals surface area (Å²) in [4.78, 5) is 12.2. The number of amides is 1. The van der Waals surface area contributed by atoms with Gasteiger partial charge in [0.2, 0.25) is 0 Å². The number of benzene rings is 2. The summed E-state index contributed by atoms with van der Waals surface area (Å²) in [5, 5.41) is 4.02. The van der Waals surface area contributed by atoms with E-state index in [1.807, 2.05) is 32.9 Å². The molecule has 27 heavy (non-hydrogen) atoms. The van der Waals surface area contributed by atoms with Crippen molar-refractivity contribution >= 4 is 44.0 Å². The highest BCUT2D eigenvalue weighted by atomic mass is 79.9. The molecule has 0 aliphatic carbocycles. The van der Waals surface area contributed by atoms with Gasteiger partial charge < -0.3 is 9.47 Å². The van der Waals surface area contributed by atoms with Crippen LogP contribution in [0.15, 0.2) is 50.4 Å². The van der Waals surface area contributed by atoms with Crippen molar-refractivity contribution in [2.24, 2.45) is 5.10 Å². The molecule has 0 saturated carbocycles. The van der Waals surface area contributed by atoms with Gasteiger partial charge in [-0.3, -0.25) is 4.79 Å². The highest BCUT2D eigenvalue weighted by Crippen LogP contribution is 2.35. The number of nitrogens with one attached hydrogen (secondary N) is 1. The summed E-state index contributed by atoms with van der Waals surface area (Å²) in [7, 11) is 0. The normalized spacial score (nSPS) is 11.0. The molecular formula is C20H22Br2N2O3. The van der Waals surface area contributed by atoms with E-state index in [1.54, 1.807) is 30.5 Å². The van der Waals surface area contributed by atoms with Gasteiger partial charge in [-0.1, -0.05) is 6.92 Å². The fourth-order valence-corrected chi connectivity index (χ4v) is 3.56. The van der Waals surface area contributed by atoms with Gasteiger partial charge in [0, 0.05) is 5.56 Å². The van der Waals surface area contributed by atoms with Gasteiger partial charge in [-0.2, -0.15) is 5.10 Å². The Morgan fingerprint density at radius 1 is 1.19 bits per heavy atom. The zero-order valence-electron chi connectivity index (χ0n) is 15.5. The third kappa shape index (κ3) is 6.66. The Morgan fingerprint density at radius 2 is 1.81 bits per heavy atom. The van der Waals surface area contributed by atoms with E-state index in [4.69, 9.17) is 9.47 Å². The second-order valence-electron chi connectivity index (χ2n) is 6.05. The minimum Gasteiger partial charge on any atom is -0.494 e. The molecule has 0 radical (unpaired) electrons. The van der Waals surface area contributed by atoms with Crippen LogP contribution in [0.25, 0.3) is 0 Å². The van der Waals surface area contributed by atoms with Gasteiger partial charge in [0.25, 0.3) is 5.91 Å². The lowest BCUT2D eigenvalue weighted by Crippen LogP contribution is -2.17. The maximum absolute atomic E-state index is 12.2. The highest BCUT2D eigenvalue weighted by molar-refractivity contribution is 9.11. The van der Waals surface area contributed by atoms with Gasteiger partial charge in [0.05, 0.1) is 27.9 Å². The van der Waals surface area contributed by atoms with E-state index < -0.39 is 0 Å². The van der Waals surface area contributed by atoms with E-state index in [1.165, 1.54) is 0 Å². The number of ether oxygens (including phenoxy) is 2. The van der Waals surface area contributed by atoms with Crippen LogP contribution in [0.2, 0.25) is 0 Å². The van der Waals surface area contributed by atoms with E-state index in [-0.39, 0.29) is 12.0 Å². The SMILES string of the molecule is CCCOc1ccc(C(=O)N/N=C/c2cc(Br)c(OC(C)C)c(Br)c2)cc1. The fourth-order valence-electron chi connectivity index (χ4n) is 2.15. The molecule has 0 fully saturated rings. The summed E-state index contributed by atoms with van der Waals surface area (Å²) in [6.07, 6.45) is 2.58. The second kappa shape index (κ2) is 10.5. The van der Waals surface area contributed by atoms with Crippen LogP contribution in [0, 0.1) is 0 Å². The van der Waals surface area contributed by atoms with Gasteiger partial charge in [-0.05, 0) is 94.1 Å². The van der Waals surface area contributed by atoms with Crippen molar-refractivity contribution in [2.45, 2.75) is 33.3 Å². The number of carbonyl (C=O) groups excluding carboxylic acids is 1. The van der Waals surface area contributed by atoms with E-state index in [0.717, 1.165) is 32.4 Å². The van der Waals surface area contributed by atoms with Crippen molar-refractivity contribution in [3.8, 4) is 11.5 Å². The third-order valence-corrected chi connectivity index (χ3v) is 4.52. The van der Waals surface area contributed by atoms with Crippen molar-refractivity contribution in [2.75, 3.05) is 6.61 Å². The second-order valence-corrected chi connectivity index (χ2v) is 7.76. The molecule has 0 heterocycles. The van der Waals surface area contributed by atoms with Gasteiger partial charge in [0.15, 0.2) is 0 Å². The maximum Gasteiger partial charge on any atom is 0.271 e. The molecule has 1 amide bonds. The number of hydrogen-bond donors (Lipinski definition) is 1. The van der Waals surface area contributed by atoms with Crippen LogP contribution in [-0.2, 0) is 0 Å². The lowest BCUT2D eigenvalue weighted by molar-refractivity contribution is 0.0955. The number of hydrogen-bond acceptors (Lipinski definition) is 4. The first-order valence-corrected chi connectivity index (χ1v) is 10.2. The molecule has 2 aromatic rings. The van der Waals surface area contributed by atoms with Crippen molar-refractivity contribution in [3.05, 3.63) is 56.5 Å². The summed E-state index contributed by atoms with van der Waals surface area (Å²) in [6, 6.07) is 10.7. The van der Waals surface area contributed by atoms with E-state index in [0.29, 0.717) is 12.2 Å². The standard InChI is InChI=1S/C20H22Br2N2O3/c1-4-9-26-16-7-5-15(6-8-16)20(25)24-23-12-14-10-17(21)19(18(22)11-14)27-13(2)3/h5-8,10-13H,4,9H2,1-3H3,(H,24,25)/b23-12+. The number of rotatable bonds is 8. The molecular weight excluding hydrogens is 476 g/mol.